The van der Waals surface area contributed by atoms with Crippen molar-refractivity contribution < 1.29 is 17.4 Å². The number of hydrogen-bond acceptors (Lipinski definition) is 4. The molecule has 0 saturated carbocycles. The standard InChI is InChI=1S/C22H16O4S/c1-17-7-12-21(13-8-17)27(24,25)26-22-14-11-19(15-20(22)16-23)10-9-18-5-3-2-4-6-18/h2-8,11-16H,1H3. The van der Waals surface area contributed by atoms with Crippen LogP contribution in [0.1, 0.15) is 27.0 Å². The van der Waals surface area contributed by atoms with E-state index in [9.17, 15) is 13.2 Å². The average Bonchev–Trinajstić information content (AvgIpc) is 2.68. The van der Waals surface area contributed by atoms with E-state index in [0.717, 1.165) is 11.1 Å². The zero-order chi connectivity index (χ0) is 19.3. The zero-order valence-corrected chi connectivity index (χ0v) is 15.4. The largest absolute Gasteiger partial charge is 0.378 e. The number of rotatable bonds is 4. The Balaban J connectivity index is 1.88. The molecule has 0 atom stereocenters. The Morgan fingerprint density at radius 3 is 2.19 bits per heavy atom. The van der Waals surface area contributed by atoms with Gasteiger partial charge in [-0.3, -0.25) is 4.79 Å². The van der Waals surface area contributed by atoms with Crippen LogP contribution in [0.25, 0.3) is 0 Å². The van der Waals surface area contributed by atoms with Crippen LogP contribution in [0.15, 0.2) is 77.7 Å². The highest BCUT2D eigenvalue weighted by Gasteiger charge is 2.18. The number of benzene rings is 3. The maximum Gasteiger partial charge on any atom is 0.339 e. The van der Waals surface area contributed by atoms with E-state index in [4.69, 9.17) is 4.18 Å². The summed E-state index contributed by atoms with van der Waals surface area (Å²) in [6.07, 6.45) is 0.549. The molecule has 0 aromatic heterocycles. The SMILES string of the molecule is Cc1ccc(S(=O)(=O)Oc2ccc(C#Cc3ccccc3)cc2C=O)cc1. The molecule has 0 amide bonds. The fraction of sp³-hybridized carbons (Fsp3) is 0.0455. The van der Waals surface area contributed by atoms with Crippen LogP contribution in [-0.2, 0) is 10.1 Å². The van der Waals surface area contributed by atoms with Crippen LogP contribution in [0.4, 0.5) is 0 Å². The van der Waals surface area contributed by atoms with Crippen LogP contribution in [0.5, 0.6) is 5.75 Å². The van der Waals surface area contributed by atoms with Crippen molar-refractivity contribution in [2.75, 3.05) is 0 Å². The number of aryl methyl sites for hydroxylation is 1. The van der Waals surface area contributed by atoms with Gasteiger partial charge in [-0.15, -0.1) is 0 Å². The summed E-state index contributed by atoms with van der Waals surface area (Å²) in [6, 6.07) is 20.3. The zero-order valence-electron chi connectivity index (χ0n) is 14.5. The van der Waals surface area contributed by atoms with Crippen LogP contribution in [0, 0.1) is 18.8 Å². The van der Waals surface area contributed by atoms with Crippen molar-refractivity contribution in [3.8, 4) is 17.6 Å². The summed E-state index contributed by atoms with van der Waals surface area (Å²) in [5, 5.41) is 0. The third-order valence-corrected chi connectivity index (χ3v) is 5.02. The maximum absolute atomic E-state index is 12.4. The van der Waals surface area contributed by atoms with Crippen LogP contribution in [0.2, 0.25) is 0 Å². The second-order valence-electron chi connectivity index (χ2n) is 5.84. The first-order valence-electron chi connectivity index (χ1n) is 8.15. The second kappa shape index (κ2) is 7.90. The van der Waals surface area contributed by atoms with Gasteiger partial charge in [0.25, 0.3) is 0 Å². The van der Waals surface area contributed by atoms with E-state index in [1.54, 1.807) is 18.2 Å². The molecule has 0 bridgehead atoms. The lowest BCUT2D eigenvalue weighted by molar-refractivity contribution is 0.112. The Morgan fingerprint density at radius 1 is 0.852 bits per heavy atom. The number of hydrogen-bond donors (Lipinski definition) is 0. The molecule has 3 aromatic carbocycles. The molecule has 0 saturated heterocycles. The topological polar surface area (TPSA) is 60.4 Å². The van der Waals surface area contributed by atoms with Crippen LogP contribution in [0.3, 0.4) is 0 Å². The minimum atomic E-state index is -4.03. The Kier molecular flexibility index (Phi) is 5.39. The van der Waals surface area contributed by atoms with Gasteiger partial charge in [0.05, 0.1) is 5.56 Å². The van der Waals surface area contributed by atoms with Crippen LogP contribution >= 0.6 is 0 Å². The van der Waals surface area contributed by atoms with E-state index in [1.165, 1.54) is 24.3 Å². The summed E-state index contributed by atoms with van der Waals surface area (Å²) in [5.74, 6) is 5.90. The summed E-state index contributed by atoms with van der Waals surface area (Å²) in [7, 11) is -4.03. The van der Waals surface area contributed by atoms with Crippen molar-refractivity contribution >= 4 is 16.4 Å². The van der Waals surface area contributed by atoms with Gasteiger partial charge in [-0.25, -0.2) is 0 Å². The minimum absolute atomic E-state index is 0.0258. The number of carbonyl (C=O) groups is 1. The molecule has 0 radical (unpaired) electrons. The molecule has 134 valence electrons. The van der Waals surface area contributed by atoms with Crippen molar-refractivity contribution in [2.45, 2.75) is 11.8 Å². The number of carbonyl (C=O) groups excluding carboxylic acids is 1. The van der Waals surface area contributed by atoms with Gasteiger partial charge < -0.3 is 4.18 Å². The van der Waals surface area contributed by atoms with E-state index < -0.39 is 10.1 Å². The molecule has 3 rings (SSSR count). The predicted octanol–water partition coefficient (Wildman–Crippen LogP) is 3.98. The minimum Gasteiger partial charge on any atom is -0.378 e. The lowest BCUT2D eigenvalue weighted by Crippen LogP contribution is -2.11. The summed E-state index contributed by atoms with van der Waals surface area (Å²) in [5.41, 5.74) is 2.47. The van der Waals surface area contributed by atoms with Gasteiger partial charge >= 0.3 is 10.1 Å². The molecule has 27 heavy (non-hydrogen) atoms. The van der Waals surface area contributed by atoms with Crippen molar-refractivity contribution in [3.05, 3.63) is 95.1 Å². The first-order valence-corrected chi connectivity index (χ1v) is 9.56. The monoisotopic (exact) mass is 376 g/mol. The summed E-state index contributed by atoms with van der Waals surface area (Å²) in [4.78, 5) is 11.4. The van der Waals surface area contributed by atoms with Gasteiger partial charge in [-0.1, -0.05) is 47.7 Å². The Morgan fingerprint density at radius 2 is 1.52 bits per heavy atom. The quantitative estimate of drug-likeness (QED) is 0.393. The molecule has 0 heterocycles. The van der Waals surface area contributed by atoms with Crippen molar-refractivity contribution in [3.63, 3.8) is 0 Å². The van der Waals surface area contributed by atoms with Gasteiger partial charge in [0.15, 0.2) is 12.0 Å². The Bertz CT molecular complexity index is 1120. The molecule has 4 nitrogen and oxygen atoms in total. The van der Waals surface area contributed by atoms with E-state index in [1.807, 2.05) is 37.3 Å². The maximum atomic E-state index is 12.4. The fourth-order valence-electron chi connectivity index (χ4n) is 2.33. The van der Waals surface area contributed by atoms with E-state index in [2.05, 4.69) is 11.8 Å². The fourth-order valence-corrected chi connectivity index (χ4v) is 3.29. The van der Waals surface area contributed by atoms with Crippen molar-refractivity contribution in [2.24, 2.45) is 0 Å². The molecular weight excluding hydrogens is 360 g/mol. The first-order chi connectivity index (χ1) is 13.0. The summed E-state index contributed by atoms with van der Waals surface area (Å²) < 4.78 is 30.0. The highest BCUT2D eigenvalue weighted by atomic mass is 32.2. The molecule has 0 fully saturated rings. The van der Waals surface area contributed by atoms with Crippen LogP contribution in [-0.4, -0.2) is 14.7 Å². The Hall–Kier alpha value is -3.36. The van der Waals surface area contributed by atoms with Crippen molar-refractivity contribution in [1.82, 2.24) is 0 Å². The van der Waals surface area contributed by atoms with Gasteiger partial charge in [0, 0.05) is 11.1 Å². The highest BCUT2D eigenvalue weighted by molar-refractivity contribution is 7.87. The highest BCUT2D eigenvalue weighted by Crippen LogP contribution is 2.23. The van der Waals surface area contributed by atoms with E-state index in [0.29, 0.717) is 11.8 Å². The third-order valence-electron chi connectivity index (χ3n) is 3.77. The molecule has 3 aromatic rings. The predicted molar refractivity (Wildman–Crippen MR) is 103 cm³/mol. The molecule has 0 aliphatic heterocycles. The molecule has 0 aliphatic carbocycles. The van der Waals surface area contributed by atoms with E-state index in [-0.39, 0.29) is 16.2 Å². The smallest absolute Gasteiger partial charge is 0.339 e. The third kappa shape index (κ3) is 4.63. The van der Waals surface area contributed by atoms with Gasteiger partial charge in [-0.2, -0.15) is 8.42 Å². The van der Waals surface area contributed by atoms with Crippen molar-refractivity contribution in [1.29, 1.82) is 0 Å². The number of aldehydes is 1. The molecule has 0 spiro atoms. The molecule has 5 heteroatoms. The molecular formula is C22H16O4S. The lowest BCUT2D eigenvalue weighted by Gasteiger charge is -2.09. The van der Waals surface area contributed by atoms with Crippen LogP contribution < -0.4 is 4.18 Å². The molecule has 0 N–H and O–H groups in total. The molecule has 0 unspecified atom stereocenters. The second-order valence-corrected chi connectivity index (χ2v) is 7.38. The summed E-state index contributed by atoms with van der Waals surface area (Å²) >= 11 is 0. The lowest BCUT2D eigenvalue weighted by atomic mass is 10.1. The molecule has 0 aliphatic rings. The van der Waals surface area contributed by atoms with Gasteiger partial charge in [0.1, 0.15) is 4.90 Å². The summed E-state index contributed by atoms with van der Waals surface area (Å²) in [6.45, 7) is 1.86. The Labute approximate surface area is 158 Å². The first kappa shape index (κ1) is 18.4. The van der Waals surface area contributed by atoms with E-state index >= 15 is 0 Å². The average molecular weight is 376 g/mol. The normalized spacial score (nSPS) is 10.6. The van der Waals surface area contributed by atoms with Gasteiger partial charge in [0.2, 0.25) is 0 Å². The van der Waals surface area contributed by atoms with Gasteiger partial charge in [-0.05, 0) is 49.4 Å².